The number of methoxy groups -OCH3 is 1. The van der Waals surface area contributed by atoms with Crippen molar-refractivity contribution in [3.05, 3.63) is 0 Å². The molecule has 18 heavy (non-hydrogen) atoms. The fourth-order valence-corrected chi connectivity index (χ4v) is 2.05. The van der Waals surface area contributed by atoms with Crippen LogP contribution in [0.25, 0.3) is 0 Å². The summed E-state index contributed by atoms with van der Waals surface area (Å²) < 4.78 is 10.3. The Labute approximate surface area is 115 Å². The van der Waals surface area contributed by atoms with E-state index in [1.165, 1.54) is 0 Å². The van der Waals surface area contributed by atoms with Crippen LogP contribution in [-0.4, -0.2) is 44.9 Å². The largest absolute Gasteiger partial charge is 0.383 e. The van der Waals surface area contributed by atoms with E-state index in [4.69, 9.17) is 15.2 Å². The quantitative estimate of drug-likeness (QED) is 0.751. The van der Waals surface area contributed by atoms with Gasteiger partial charge in [0.1, 0.15) is 0 Å². The van der Waals surface area contributed by atoms with Crippen LogP contribution in [-0.2, 0) is 14.3 Å². The molecule has 1 rings (SSSR count). The van der Waals surface area contributed by atoms with E-state index >= 15 is 0 Å². The molecule has 1 fully saturated rings. The molecule has 0 bridgehead atoms. The molecule has 2 atom stereocenters. The van der Waals surface area contributed by atoms with Crippen molar-refractivity contribution in [1.82, 2.24) is 5.32 Å². The van der Waals surface area contributed by atoms with Crippen LogP contribution in [0, 0.1) is 5.92 Å². The highest BCUT2D eigenvalue weighted by atomic mass is 35.5. The standard InChI is InChI=1S/C12H24N2O3.ClH/c1-3-10(8-16-2)14-12(15)11(13)9-4-6-17-7-5-9;/h9-11H,3-8,13H2,1-2H3,(H,14,15);1H. The van der Waals surface area contributed by atoms with Crippen LogP contribution >= 0.6 is 12.4 Å². The van der Waals surface area contributed by atoms with Crippen molar-refractivity contribution >= 4 is 18.3 Å². The van der Waals surface area contributed by atoms with Crippen LogP contribution in [0.1, 0.15) is 26.2 Å². The van der Waals surface area contributed by atoms with Gasteiger partial charge in [-0.3, -0.25) is 4.79 Å². The predicted octanol–water partition coefficient (Wildman–Crippen LogP) is 0.703. The zero-order chi connectivity index (χ0) is 12.7. The number of nitrogens with two attached hydrogens (primary N) is 1. The molecular formula is C12H25ClN2O3. The van der Waals surface area contributed by atoms with Crippen LogP contribution in [0.2, 0.25) is 0 Å². The van der Waals surface area contributed by atoms with Crippen molar-refractivity contribution in [2.45, 2.75) is 38.3 Å². The molecule has 108 valence electrons. The second kappa shape index (κ2) is 9.55. The van der Waals surface area contributed by atoms with Crippen LogP contribution in [0.3, 0.4) is 0 Å². The lowest BCUT2D eigenvalue weighted by Gasteiger charge is -2.28. The Hall–Kier alpha value is -0.360. The first-order valence-corrected chi connectivity index (χ1v) is 6.31. The van der Waals surface area contributed by atoms with E-state index in [0.29, 0.717) is 19.8 Å². The average molecular weight is 281 g/mol. The highest BCUT2D eigenvalue weighted by Gasteiger charge is 2.27. The fourth-order valence-electron chi connectivity index (χ4n) is 2.05. The van der Waals surface area contributed by atoms with Gasteiger partial charge in [-0.25, -0.2) is 0 Å². The predicted molar refractivity (Wildman–Crippen MR) is 72.9 cm³/mol. The summed E-state index contributed by atoms with van der Waals surface area (Å²) in [7, 11) is 1.63. The second-order valence-electron chi connectivity index (χ2n) is 4.54. The van der Waals surface area contributed by atoms with E-state index in [-0.39, 0.29) is 30.3 Å². The number of carbonyl (C=O) groups excluding carboxylic acids is 1. The maximum atomic E-state index is 12.0. The molecular weight excluding hydrogens is 256 g/mol. The molecule has 0 saturated carbocycles. The molecule has 0 spiro atoms. The first-order valence-electron chi connectivity index (χ1n) is 6.31. The molecule has 0 aromatic carbocycles. The third-order valence-electron chi connectivity index (χ3n) is 3.28. The molecule has 1 saturated heterocycles. The third kappa shape index (κ3) is 5.52. The zero-order valence-corrected chi connectivity index (χ0v) is 12.0. The number of rotatable bonds is 6. The Balaban J connectivity index is 0.00000289. The van der Waals surface area contributed by atoms with Crippen LogP contribution in [0.15, 0.2) is 0 Å². The maximum Gasteiger partial charge on any atom is 0.237 e. The molecule has 0 radical (unpaired) electrons. The van der Waals surface area contributed by atoms with Gasteiger partial charge in [0, 0.05) is 20.3 Å². The second-order valence-corrected chi connectivity index (χ2v) is 4.54. The van der Waals surface area contributed by atoms with Gasteiger partial charge in [-0.15, -0.1) is 12.4 Å². The highest BCUT2D eigenvalue weighted by molar-refractivity contribution is 5.85. The van der Waals surface area contributed by atoms with Crippen molar-refractivity contribution in [2.24, 2.45) is 11.7 Å². The summed E-state index contributed by atoms with van der Waals surface area (Å²) in [5.74, 6) is 0.171. The summed E-state index contributed by atoms with van der Waals surface area (Å²) >= 11 is 0. The minimum atomic E-state index is -0.426. The van der Waals surface area contributed by atoms with E-state index in [2.05, 4.69) is 5.32 Å². The number of amides is 1. The topological polar surface area (TPSA) is 73.6 Å². The minimum Gasteiger partial charge on any atom is -0.383 e. The molecule has 0 aromatic heterocycles. The van der Waals surface area contributed by atoms with Crippen molar-refractivity contribution in [1.29, 1.82) is 0 Å². The number of nitrogens with one attached hydrogen (secondary N) is 1. The first-order chi connectivity index (χ1) is 8.19. The number of ether oxygens (including phenoxy) is 2. The Morgan fingerprint density at radius 2 is 2.11 bits per heavy atom. The number of hydrogen-bond acceptors (Lipinski definition) is 4. The number of carbonyl (C=O) groups is 1. The summed E-state index contributed by atoms with van der Waals surface area (Å²) in [6, 6.07) is -0.372. The summed E-state index contributed by atoms with van der Waals surface area (Å²) in [6.07, 6.45) is 2.59. The van der Waals surface area contributed by atoms with E-state index in [1.54, 1.807) is 7.11 Å². The van der Waals surface area contributed by atoms with Gasteiger partial charge >= 0.3 is 0 Å². The van der Waals surface area contributed by atoms with E-state index in [9.17, 15) is 4.79 Å². The minimum absolute atomic E-state index is 0. The smallest absolute Gasteiger partial charge is 0.237 e. The fraction of sp³-hybridized carbons (Fsp3) is 0.917. The van der Waals surface area contributed by atoms with Gasteiger partial charge in [-0.05, 0) is 25.2 Å². The summed E-state index contributed by atoms with van der Waals surface area (Å²) in [5.41, 5.74) is 5.98. The van der Waals surface area contributed by atoms with Gasteiger partial charge in [-0.2, -0.15) is 0 Å². The SMILES string of the molecule is CCC(COC)NC(=O)C(N)C1CCOCC1.Cl. The van der Waals surface area contributed by atoms with Crippen LogP contribution in [0.5, 0.6) is 0 Å². The number of hydrogen-bond donors (Lipinski definition) is 2. The molecule has 1 amide bonds. The van der Waals surface area contributed by atoms with E-state index in [0.717, 1.165) is 19.3 Å². The molecule has 0 aromatic rings. The molecule has 6 heteroatoms. The highest BCUT2D eigenvalue weighted by Crippen LogP contribution is 2.17. The molecule has 1 aliphatic heterocycles. The van der Waals surface area contributed by atoms with Gasteiger partial charge in [0.25, 0.3) is 0 Å². The summed E-state index contributed by atoms with van der Waals surface area (Å²) in [6.45, 7) is 3.97. The van der Waals surface area contributed by atoms with Crippen molar-refractivity contribution in [3.63, 3.8) is 0 Å². The molecule has 3 N–H and O–H groups in total. The van der Waals surface area contributed by atoms with Crippen LogP contribution in [0.4, 0.5) is 0 Å². The lowest BCUT2D eigenvalue weighted by Crippen LogP contribution is -2.50. The van der Waals surface area contributed by atoms with Gasteiger partial charge in [0.05, 0.1) is 18.7 Å². The molecule has 5 nitrogen and oxygen atoms in total. The van der Waals surface area contributed by atoms with Gasteiger partial charge in [-0.1, -0.05) is 6.92 Å². The Morgan fingerprint density at radius 1 is 1.50 bits per heavy atom. The summed E-state index contributed by atoms with van der Waals surface area (Å²) in [4.78, 5) is 12.0. The van der Waals surface area contributed by atoms with E-state index < -0.39 is 6.04 Å². The lowest BCUT2D eigenvalue weighted by molar-refractivity contribution is -0.125. The Morgan fingerprint density at radius 3 is 2.61 bits per heavy atom. The Bertz CT molecular complexity index is 235. The first kappa shape index (κ1) is 17.6. The van der Waals surface area contributed by atoms with Gasteiger partial charge in [0.15, 0.2) is 0 Å². The normalized spacial score (nSPS) is 19.7. The van der Waals surface area contributed by atoms with Crippen molar-refractivity contribution in [3.8, 4) is 0 Å². The van der Waals surface area contributed by atoms with Gasteiger partial charge < -0.3 is 20.5 Å². The van der Waals surface area contributed by atoms with Gasteiger partial charge in [0.2, 0.25) is 5.91 Å². The molecule has 0 aliphatic carbocycles. The maximum absolute atomic E-state index is 12.0. The van der Waals surface area contributed by atoms with E-state index in [1.807, 2.05) is 6.92 Å². The summed E-state index contributed by atoms with van der Waals surface area (Å²) in [5, 5.41) is 2.93. The van der Waals surface area contributed by atoms with Crippen molar-refractivity contribution in [2.75, 3.05) is 26.9 Å². The molecule has 1 aliphatic rings. The lowest BCUT2D eigenvalue weighted by atomic mass is 9.91. The van der Waals surface area contributed by atoms with Crippen molar-refractivity contribution < 1.29 is 14.3 Å². The molecule has 2 unspecified atom stereocenters. The monoisotopic (exact) mass is 280 g/mol. The average Bonchev–Trinajstić information content (AvgIpc) is 2.38. The zero-order valence-electron chi connectivity index (χ0n) is 11.2. The third-order valence-corrected chi connectivity index (χ3v) is 3.28. The Kier molecular flexibility index (Phi) is 9.36. The van der Waals surface area contributed by atoms with Crippen LogP contribution < -0.4 is 11.1 Å². The molecule has 1 heterocycles. The number of halogens is 1.